The van der Waals surface area contributed by atoms with Crippen molar-refractivity contribution in [2.45, 2.75) is 32.4 Å². The van der Waals surface area contributed by atoms with Crippen molar-refractivity contribution in [2.75, 3.05) is 13.2 Å². The first kappa shape index (κ1) is 16.1. The van der Waals surface area contributed by atoms with Crippen LogP contribution in [0.1, 0.15) is 31.5 Å². The van der Waals surface area contributed by atoms with Crippen LogP contribution in [0, 0.1) is 0 Å². The summed E-state index contributed by atoms with van der Waals surface area (Å²) in [6.07, 6.45) is 3.33. The molecule has 1 unspecified atom stereocenters. The van der Waals surface area contributed by atoms with Crippen molar-refractivity contribution in [1.29, 1.82) is 0 Å². The summed E-state index contributed by atoms with van der Waals surface area (Å²) >= 11 is 3.46. The molecule has 0 N–H and O–H groups in total. The summed E-state index contributed by atoms with van der Waals surface area (Å²) < 4.78 is 8.89. The highest BCUT2D eigenvalue weighted by atomic mass is 79.9. The maximum absolute atomic E-state index is 12.5. The zero-order valence-corrected chi connectivity index (χ0v) is 14.8. The fourth-order valence-electron chi connectivity index (χ4n) is 3.03. The number of benzene rings is 1. The molecule has 23 heavy (non-hydrogen) atoms. The molecular weight excluding hydrogens is 356 g/mol. The van der Waals surface area contributed by atoms with Crippen molar-refractivity contribution in [3.63, 3.8) is 0 Å². The number of amides is 1. The second-order valence-electron chi connectivity index (χ2n) is 5.77. The van der Waals surface area contributed by atoms with E-state index in [1.165, 1.54) is 5.69 Å². The minimum atomic E-state index is 0.149. The van der Waals surface area contributed by atoms with E-state index >= 15 is 0 Å². The molecule has 0 bridgehead atoms. The van der Waals surface area contributed by atoms with Gasteiger partial charge in [-0.05, 0) is 53.5 Å². The van der Waals surface area contributed by atoms with Crippen molar-refractivity contribution in [2.24, 2.45) is 0 Å². The average Bonchev–Trinajstić information content (AvgIpc) is 3.03. The molecule has 2 aromatic rings. The molecule has 1 amide bonds. The molecule has 0 spiro atoms. The maximum atomic E-state index is 12.5. The molecule has 0 radical (unpaired) electrons. The second-order valence-corrected chi connectivity index (χ2v) is 6.63. The summed E-state index contributed by atoms with van der Waals surface area (Å²) in [5.74, 6) is 1.03. The molecule has 1 aliphatic rings. The zero-order valence-electron chi connectivity index (χ0n) is 13.2. The Bertz CT molecular complexity index is 683. The van der Waals surface area contributed by atoms with Gasteiger partial charge in [-0.2, -0.15) is 0 Å². The van der Waals surface area contributed by atoms with E-state index in [0.29, 0.717) is 13.0 Å². The highest BCUT2D eigenvalue weighted by Gasteiger charge is 2.26. The number of carbonyl (C=O) groups is 1. The van der Waals surface area contributed by atoms with Gasteiger partial charge >= 0.3 is 0 Å². The average molecular weight is 377 g/mol. The largest absolute Gasteiger partial charge is 0.492 e. The van der Waals surface area contributed by atoms with Gasteiger partial charge < -0.3 is 14.2 Å². The van der Waals surface area contributed by atoms with Crippen molar-refractivity contribution < 1.29 is 9.53 Å². The molecule has 3 rings (SSSR count). The number of fused-ring (bicyclic) bond motifs is 1. The fourth-order valence-corrected chi connectivity index (χ4v) is 3.43. The van der Waals surface area contributed by atoms with Crippen LogP contribution in [0.5, 0.6) is 5.75 Å². The number of rotatable bonds is 5. The van der Waals surface area contributed by atoms with Crippen molar-refractivity contribution in [3.8, 4) is 5.75 Å². The van der Waals surface area contributed by atoms with Crippen LogP contribution in [-0.4, -0.2) is 28.5 Å². The Morgan fingerprint density at radius 3 is 2.91 bits per heavy atom. The smallest absolute Gasteiger partial charge is 0.223 e. The normalized spacial score (nSPS) is 17.0. The Morgan fingerprint density at radius 1 is 1.26 bits per heavy atom. The van der Waals surface area contributed by atoms with E-state index in [1.54, 1.807) is 0 Å². The van der Waals surface area contributed by atoms with Crippen LogP contribution in [0.25, 0.3) is 0 Å². The van der Waals surface area contributed by atoms with Gasteiger partial charge in [0.1, 0.15) is 5.75 Å². The van der Waals surface area contributed by atoms with E-state index in [4.69, 9.17) is 4.74 Å². The standard InChI is InChI=1S/C18H21BrN2O2/c1-14-16-7-4-10-20(16)11-12-21(14)18(22)9-5-13-23-17-8-3-2-6-15(17)19/h2-4,6-8,10,14H,5,9,11-13H2,1H3. The molecule has 1 aromatic heterocycles. The Kier molecular flexibility index (Phi) is 5.06. The second kappa shape index (κ2) is 7.21. The van der Waals surface area contributed by atoms with Crippen LogP contribution >= 0.6 is 15.9 Å². The molecule has 0 aliphatic carbocycles. The van der Waals surface area contributed by atoms with Crippen LogP contribution in [0.4, 0.5) is 0 Å². The van der Waals surface area contributed by atoms with Gasteiger partial charge in [-0.25, -0.2) is 0 Å². The molecule has 1 atom stereocenters. The van der Waals surface area contributed by atoms with E-state index in [-0.39, 0.29) is 11.9 Å². The number of nitrogens with zero attached hydrogens (tertiary/aromatic N) is 2. The van der Waals surface area contributed by atoms with Gasteiger partial charge in [0.25, 0.3) is 0 Å². The first-order chi connectivity index (χ1) is 11.2. The molecule has 5 heteroatoms. The topological polar surface area (TPSA) is 34.5 Å². The van der Waals surface area contributed by atoms with E-state index in [9.17, 15) is 4.79 Å². The zero-order chi connectivity index (χ0) is 16.2. The monoisotopic (exact) mass is 376 g/mol. The molecule has 1 aromatic carbocycles. The van der Waals surface area contributed by atoms with Gasteiger partial charge in [0.2, 0.25) is 5.91 Å². The summed E-state index contributed by atoms with van der Waals surface area (Å²) in [6.45, 7) is 4.31. The van der Waals surface area contributed by atoms with Gasteiger partial charge in [-0.3, -0.25) is 4.79 Å². The SMILES string of the molecule is CC1c2cccn2CCN1C(=O)CCCOc1ccccc1Br. The van der Waals surface area contributed by atoms with Gasteiger partial charge in [0.15, 0.2) is 0 Å². The van der Waals surface area contributed by atoms with Crippen LogP contribution in [-0.2, 0) is 11.3 Å². The summed E-state index contributed by atoms with van der Waals surface area (Å²) in [5, 5.41) is 0. The third-order valence-corrected chi connectivity index (χ3v) is 4.95. The molecule has 122 valence electrons. The molecular formula is C18H21BrN2O2. The molecule has 2 heterocycles. The number of hydrogen-bond acceptors (Lipinski definition) is 2. The van der Waals surface area contributed by atoms with E-state index in [0.717, 1.165) is 29.7 Å². The third-order valence-electron chi connectivity index (χ3n) is 4.29. The summed E-state index contributed by atoms with van der Waals surface area (Å²) in [4.78, 5) is 14.5. The van der Waals surface area contributed by atoms with Crippen molar-refractivity contribution >= 4 is 21.8 Å². The lowest BCUT2D eigenvalue weighted by Crippen LogP contribution is -2.40. The number of halogens is 1. The molecule has 4 nitrogen and oxygen atoms in total. The predicted octanol–water partition coefficient (Wildman–Crippen LogP) is 4.01. The summed E-state index contributed by atoms with van der Waals surface area (Å²) in [7, 11) is 0. The maximum Gasteiger partial charge on any atom is 0.223 e. The van der Waals surface area contributed by atoms with Gasteiger partial charge in [-0.1, -0.05) is 12.1 Å². The first-order valence-electron chi connectivity index (χ1n) is 7.98. The predicted molar refractivity (Wildman–Crippen MR) is 93.4 cm³/mol. The van der Waals surface area contributed by atoms with Crippen LogP contribution < -0.4 is 4.74 Å². The molecule has 0 fully saturated rings. The lowest BCUT2D eigenvalue weighted by Gasteiger charge is -2.35. The Hall–Kier alpha value is -1.75. The first-order valence-corrected chi connectivity index (χ1v) is 8.78. The highest BCUT2D eigenvalue weighted by molar-refractivity contribution is 9.10. The van der Waals surface area contributed by atoms with E-state index in [1.807, 2.05) is 35.2 Å². The number of para-hydroxylation sites is 1. The van der Waals surface area contributed by atoms with Crippen molar-refractivity contribution in [1.82, 2.24) is 9.47 Å². The van der Waals surface area contributed by atoms with Crippen LogP contribution in [0.3, 0.4) is 0 Å². The van der Waals surface area contributed by atoms with Gasteiger partial charge in [-0.15, -0.1) is 0 Å². The molecule has 0 saturated heterocycles. The summed E-state index contributed by atoms with van der Waals surface area (Å²) in [6, 6.07) is 12.1. The van der Waals surface area contributed by atoms with Crippen LogP contribution in [0.2, 0.25) is 0 Å². The number of ether oxygens (including phenoxy) is 1. The Labute approximate surface area is 145 Å². The van der Waals surface area contributed by atoms with Gasteiger partial charge in [0, 0.05) is 31.4 Å². The fraction of sp³-hybridized carbons (Fsp3) is 0.389. The Balaban J connectivity index is 1.48. The molecule has 1 aliphatic heterocycles. The van der Waals surface area contributed by atoms with E-state index < -0.39 is 0 Å². The lowest BCUT2D eigenvalue weighted by atomic mass is 10.1. The number of aromatic nitrogens is 1. The number of hydrogen-bond donors (Lipinski definition) is 0. The third kappa shape index (κ3) is 3.61. The number of carbonyl (C=O) groups excluding carboxylic acids is 1. The highest BCUT2D eigenvalue weighted by Crippen LogP contribution is 2.26. The molecule has 0 saturated carbocycles. The Morgan fingerprint density at radius 2 is 2.09 bits per heavy atom. The van der Waals surface area contributed by atoms with Crippen LogP contribution in [0.15, 0.2) is 47.1 Å². The van der Waals surface area contributed by atoms with Gasteiger partial charge in [0.05, 0.1) is 17.1 Å². The van der Waals surface area contributed by atoms with Crippen molar-refractivity contribution in [3.05, 3.63) is 52.8 Å². The minimum absolute atomic E-state index is 0.149. The van der Waals surface area contributed by atoms with E-state index in [2.05, 4.69) is 39.7 Å². The lowest BCUT2D eigenvalue weighted by molar-refractivity contribution is -0.134. The minimum Gasteiger partial charge on any atom is -0.492 e. The quantitative estimate of drug-likeness (QED) is 0.738. The summed E-state index contributed by atoms with van der Waals surface area (Å²) in [5.41, 5.74) is 1.22.